The summed E-state index contributed by atoms with van der Waals surface area (Å²) in [6.45, 7) is 0. The zero-order valence-electron chi connectivity index (χ0n) is 45.2. The predicted molar refractivity (Wildman–Crippen MR) is 345 cm³/mol. The second-order valence-corrected chi connectivity index (χ2v) is 20.6. The Kier molecular flexibility index (Phi) is 13.4. The van der Waals surface area contributed by atoms with Crippen molar-refractivity contribution in [2.45, 2.75) is 0 Å². The van der Waals surface area contributed by atoms with Crippen molar-refractivity contribution in [3.05, 3.63) is 340 Å². The number of hydrogen-bond donors (Lipinski definition) is 0. The molecule has 0 unspecified atom stereocenters. The highest BCUT2D eigenvalue weighted by atomic mass is 15.0. The van der Waals surface area contributed by atoms with Crippen LogP contribution < -0.4 is 0 Å². The Morgan fingerprint density at radius 2 is 0.293 bits per heavy atom. The molecule has 0 aliphatic rings. The van der Waals surface area contributed by atoms with E-state index in [0.717, 1.165) is 112 Å². The summed E-state index contributed by atoms with van der Waals surface area (Å²) in [5.74, 6) is 0. The lowest BCUT2D eigenvalue weighted by Gasteiger charge is -2.23. The Bertz CT molecular complexity index is 3990. The lowest BCUT2D eigenvalue weighted by Crippen LogP contribution is -2.04. The molecule has 386 valence electrons. The minimum atomic E-state index is 1.08. The van der Waals surface area contributed by atoms with Crippen molar-refractivity contribution in [3.8, 4) is 134 Å². The third kappa shape index (κ3) is 8.99. The fourth-order valence-electron chi connectivity index (χ4n) is 12.3. The molecule has 0 saturated heterocycles. The third-order valence-corrected chi connectivity index (χ3v) is 15.8. The highest BCUT2D eigenvalue weighted by Crippen LogP contribution is 2.54. The van der Waals surface area contributed by atoms with E-state index in [0.29, 0.717) is 0 Å². The van der Waals surface area contributed by atoms with Gasteiger partial charge in [-0.1, -0.05) is 328 Å². The SMILES string of the molecule is c1ccc(-c2c(-c3ccccc3)c(-c3ccccc3)n(-c3ccccc3-c3ccccc3-c3ccccc3-c3ccccc3-n3c(-c4ccccc4)c(-c4ccccc4)c(-c4ccccc4)c3-c3ccccc3)c2-c2ccccc2)cc1. The van der Waals surface area contributed by atoms with Crippen LogP contribution >= 0.6 is 0 Å². The van der Waals surface area contributed by atoms with Gasteiger partial charge >= 0.3 is 0 Å². The standard InChI is InChI=1S/C80H56N2/c1-9-33-57(34-10-1)73-74(58-35-11-2-12-36-58)78(62-43-19-6-20-44-62)81(77(73)61-41-17-5-18-42-61)71-55-31-29-53-69(71)67-51-27-25-49-65(67)66-50-26-28-52-68(66)70-54-30-32-56-72(70)82-79(63-45-21-7-22-46-63)75(59-37-13-3-14-38-59)76(60-39-15-4-16-40-60)80(82)64-47-23-8-24-48-64/h1-56H. The molecular weight excluding hydrogens is 989 g/mol. The highest BCUT2D eigenvalue weighted by molar-refractivity contribution is 6.06. The van der Waals surface area contributed by atoms with Crippen molar-refractivity contribution < 1.29 is 0 Å². The van der Waals surface area contributed by atoms with Gasteiger partial charge in [0.25, 0.3) is 0 Å². The normalized spacial score (nSPS) is 11.2. The number of para-hydroxylation sites is 2. The van der Waals surface area contributed by atoms with Crippen LogP contribution in [-0.4, -0.2) is 9.13 Å². The summed E-state index contributed by atoms with van der Waals surface area (Å²) in [5.41, 5.74) is 27.3. The van der Waals surface area contributed by atoms with Crippen LogP contribution in [0.2, 0.25) is 0 Å². The average molecular weight is 1050 g/mol. The largest absolute Gasteiger partial charge is 0.307 e. The van der Waals surface area contributed by atoms with Gasteiger partial charge in [0.2, 0.25) is 0 Å². The first kappa shape index (κ1) is 49.5. The van der Waals surface area contributed by atoms with E-state index >= 15 is 0 Å². The predicted octanol–water partition coefficient (Wildman–Crippen LogP) is 21.6. The minimum Gasteiger partial charge on any atom is -0.307 e. The van der Waals surface area contributed by atoms with E-state index in [1.54, 1.807) is 0 Å². The molecule has 12 aromatic carbocycles. The second-order valence-electron chi connectivity index (χ2n) is 20.6. The molecule has 0 fully saturated rings. The fourth-order valence-corrected chi connectivity index (χ4v) is 12.3. The lowest BCUT2D eigenvalue weighted by atomic mass is 9.88. The zero-order valence-corrected chi connectivity index (χ0v) is 45.2. The molecule has 0 aliphatic carbocycles. The monoisotopic (exact) mass is 1040 g/mol. The van der Waals surface area contributed by atoms with E-state index in [-0.39, 0.29) is 0 Å². The molecule has 0 spiro atoms. The van der Waals surface area contributed by atoms with Crippen molar-refractivity contribution in [1.29, 1.82) is 0 Å². The molecule has 2 nitrogen and oxygen atoms in total. The number of aromatic nitrogens is 2. The molecule has 0 aliphatic heterocycles. The van der Waals surface area contributed by atoms with Crippen molar-refractivity contribution in [1.82, 2.24) is 9.13 Å². The van der Waals surface area contributed by atoms with Gasteiger partial charge in [0.1, 0.15) is 0 Å². The van der Waals surface area contributed by atoms with Crippen LogP contribution in [0.15, 0.2) is 340 Å². The Morgan fingerprint density at radius 3 is 0.512 bits per heavy atom. The molecule has 0 N–H and O–H groups in total. The number of benzene rings is 12. The maximum atomic E-state index is 2.56. The molecule has 0 radical (unpaired) electrons. The first-order chi connectivity index (χ1) is 40.8. The van der Waals surface area contributed by atoms with Gasteiger partial charge in [0, 0.05) is 33.4 Å². The average Bonchev–Trinajstić information content (AvgIpc) is 4.31. The van der Waals surface area contributed by atoms with Crippen LogP contribution in [0.5, 0.6) is 0 Å². The van der Waals surface area contributed by atoms with Gasteiger partial charge in [-0.3, -0.25) is 0 Å². The van der Waals surface area contributed by atoms with E-state index in [4.69, 9.17) is 0 Å². The molecule has 14 aromatic rings. The van der Waals surface area contributed by atoms with Crippen molar-refractivity contribution >= 4 is 0 Å². The van der Waals surface area contributed by atoms with Crippen LogP contribution in [0.1, 0.15) is 0 Å². The summed E-state index contributed by atoms with van der Waals surface area (Å²) in [5, 5.41) is 0. The Balaban J connectivity index is 1.05. The first-order valence-corrected chi connectivity index (χ1v) is 28.2. The highest BCUT2D eigenvalue weighted by Gasteiger charge is 2.32. The van der Waals surface area contributed by atoms with E-state index in [9.17, 15) is 0 Å². The maximum Gasteiger partial charge on any atom is 0.0620 e. The Hall–Kier alpha value is -10.8. The van der Waals surface area contributed by atoms with Crippen molar-refractivity contribution in [2.24, 2.45) is 0 Å². The lowest BCUT2D eigenvalue weighted by molar-refractivity contribution is 1.10. The minimum absolute atomic E-state index is 1.08. The van der Waals surface area contributed by atoms with Gasteiger partial charge in [0.05, 0.1) is 34.2 Å². The summed E-state index contributed by atoms with van der Waals surface area (Å²) < 4.78 is 5.11. The molecule has 0 atom stereocenters. The molecule has 2 heteroatoms. The molecule has 0 amide bonds. The van der Waals surface area contributed by atoms with Crippen LogP contribution in [0, 0.1) is 0 Å². The van der Waals surface area contributed by atoms with Gasteiger partial charge < -0.3 is 9.13 Å². The number of rotatable bonds is 13. The van der Waals surface area contributed by atoms with E-state index in [1.165, 1.54) is 22.3 Å². The van der Waals surface area contributed by atoms with Crippen LogP contribution in [0.25, 0.3) is 134 Å². The second kappa shape index (κ2) is 22.1. The molecule has 82 heavy (non-hydrogen) atoms. The molecule has 0 saturated carbocycles. The van der Waals surface area contributed by atoms with Crippen LogP contribution in [0.3, 0.4) is 0 Å². The number of nitrogens with zero attached hydrogens (tertiary/aromatic N) is 2. The summed E-state index contributed by atoms with van der Waals surface area (Å²) >= 11 is 0. The molecular formula is C80H56N2. The third-order valence-electron chi connectivity index (χ3n) is 15.8. The van der Waals surface area contributed by atoms with E-state index in [2.05, 4.69) is 349 Å². The van der Waals surface area contributed by atoms with Gasteiger partial charge in [-0.25, -0.2) is 0 Å². The Labute approximate surface area is 480 Å². The van der Waals surface area contributed by atoms with E-state index < -0.39 is 0 Å². The molecule has 14 rings (SSSR count). The summed E-state index contributed by atoms with van der Waals surface area (Å²) in [7, 11) is 0. The summed E-state index contributed by atoms with van der Waals surface area (Å²) in [6.07, 6.45) is 0. The summed E-state index contributed by atoms with van der Waals surface area (Å²) in [6, 6.07) is 124. The molecule has 2 aromatic heterocycles. The van der Waals surface area contributed by atoms with Gasteiger partial charge in [0.15, 0.2) is 0 Å². The first-order valence-electron chi connectivity index (χ1n) is 28.2. The van der Waals surface area contributed by atoms with Crippen LogP contribution in [0.4, 0.5) is 0 Å². The van der Waals surface area contributed by atoms with E-state index in [1.807, 2.05) is 0 Å². The van der Waals surface area contributed by atoms with Gasteiger partial charge in [-0.05, 0) is 78.9 Å². The Morgan fingerprint density at radius 1 is 0.134 bits per heavy atom. The number of hydrogen-bond acceptors (Lipinski definition) is 0. The molecule has 0 bridgehead atoms. The van der Waals surface area contributed by atoms with Crippen molar-refractivity contribution in [3.63, 3.8) is 0 Å². The topological polar surface area (TPSA) is 9.86 Å². The van der Waals surface area contributed by atoms with Crippen molar-refractivity contribution in [2.75, 3.05) is 0 Å². The molecule has 2 heterocycles. The van der Waals surface area contributed by atoms with Gasteiger partial charge in [-0.2, -0.15) is 0 Å². The van der Waals surface area contributed by atoms with Gasteiger partial charge in [-0.15, -0.1) is 0 Å². The smallest absolute Gasteiger partial charge is 0.0620 e. The zero-order chi connectivity index (χ0) is 54.6. The van der Waals surface area contributed by atoms with Crippen LogP contribution in [-0.2, 0) is 0 Å². The fraction of sp³-hybridized carbons (Fsp3) is 0. The summed E-state index contributed by atoms with van der Waals surface area (Å²) in [4.78, 5) is 0. The maximum absolute atomic E-state index is 2.56. The quantitative estimate of drug-likeness (QED) is 0.109.